The Morgan fingerprint density at radius 2 is 1.71 bits per heavy atom. The minimum absolute atomic E-state index is 0.0368. The predicted molar refractivity (Wildman–Crippen MR) is 109 cm³/mol. The molecule has 1 saturated heterocycles. The number of amides is 1. The van der Waals surface area contributed by atoms with Gasteiger partial charge in [-0.1, -0.05) is 31.0 Å². The normalized spacial score (nSPS) is 15.0. The van der Waals surface area contributed by atoms with Crippen molar-refractivity contribution in [3.05, 3.63) is 53.6 Å². The van der Waals surface area contributed by atoms with Gasteiger partial charge >= 0.3 is 0 Å². The highest BCUT2D eigenvalue weighted by Gasteiger charge is 2.24. The summed E-state index contributed by atoms with van der Waals surface area (Å²) in [6, 6.07) is 11.6. The summed E-state index contributed by atoms with van der Waals surface area (Å²) >= 11 is 0. The van der Waals surface area contributed by atoms with Crippen molar-refractivity contribution in [2.24, 2.45) is 0 Å². The van der Waals surface area contributed by atoms with Crippen molar-refractivity contribution in [1.82, 2.24) is 4.90 Å². The third kappa shape index (κ3) is 4.47. The number of nitrogens with zero attached hydrogens (tertiary/aromatic N) is 1. The number of aryl methyl sites for hydroxylation is 1. The maximum Gasteiger partial charge on any atom is 0.261 e. The minimum Gasteiger partial charge on any atom is -0.496 e. The molecule has 7 heteroatoms. The molecule has 1 amide bonds. The van der Waals surface area contributed by atoms with Crippen LogP contribution in [0.2, 0.25) is 0 Å². The van der Waals surface area contributed by atoms with Crippen LogP contribution in [0.25, 0.3) is 0 Å². The van der Waals surface area contributed by atoms with Crippen LogP contribution in [0.4, 0.5) is 5.69 Å². The molecular weight excluding hydrogens is 376 g/mol. The molecule has 1 aliphatic heterocycles. The maximum atomic E-state index is 13.1. The van der Waals surface area contributed by atoms with E-state index in [0.717, 1.165) is 31.2 Å². The fourth-order valence-electron chi connectivity index (χ4n) is 3.36. The number of hydrogen-bond donors (Lipinski definition) is 1. The summed E-state index contributed by atoms with van der Waals surface area (Å²) in [7, 11) is -2.35. The van der Waals surface area contributed by atoms with Crippen LogP contribution in [0.5, 0.6) is 5.75 Å². The Bertz CT molecular complexity index is 949. The average Bonchev–Trinajstić information content (AvgIpc) is 2.98. The van der Waals surface area contributed by atoms with Crippen LogP contribution in [0.15, 0.2) is 47.4 Å². The summed E-state index contributed by atoms with van der Waals surface area (Å²) in [4.78, 5) is 14.9. The van der Waals surface area contributed by atoms with E-state index in [0.29, 0.717) is 24.5 Å². The smallest absolute Gasteiger partial charge is 0.261 e. The van der Waals surface area contributed by atoms with Crippen molar-refractivity contribution in [2.45, 2.75) is 37.5 Å². The molecule has 0 bridgehead atoms. The molecule has 1 fully saturated rings. The highest BCUT2D eigenvalue weighted by molar-refractivity contribution is 7.92. The molecule has 6 nitrogen and oxygen atoms in total. The fraction of sp³-hybridized carbons (Fsp3) is 0.381. The Hall–Kier alpha value is -2.54. The third-order valence-corrected chi connectivity index (χ3v) is 6.36. The van der Waals surface area contributed by atoms with Gasteiger partial charge < -0.3 is 9.64 Å². The molecular formula is C21H26N2O4S. The van der Waals surface area contributed by atoms with Crippen LogP contribution < -0.4 is 9.46 Å². The lowest BCUT2D eigenvalue weighted by Gasteiger charge is -2.22. The van der Waals surface area contributed by atoms with Crippen LogP contribution in [0.1, 0.15) is 41.6 Å². The second-order valence-corrected chi connectivity index (χ2v) is 8.67. The molecule has 1 N–H and O–H groups in total. The largest absolute Gasteiger partial charge is 0.496 e. The Kier molecular flexibility index (Phi) is 6.24. The van der Waals surface area contributed by atoms with Gasteiger partial charge in [0.2, 0.25) is 0 Å². The zero-order chi connectivity index (χ0) is 20.1. The highest BCUT2D eigenvalue weighted by atomic mass is 32.2. The van der Waals surface area contributed by atoms with Crippen molar-refractivity contribution >= 4 is 21.6 Å². The van der Waals surface area contributed by atoms with Gasteiger partial charge in [-0.2, -0.15) is 0 Å². The van der Waals surface area contributed by atoms with Crippen LogP contribution >= 0.6 is 0 Å². The zero-order valence-corrected chi connectivity index (χ0v) is 17.1. The lowest BCUT2D eigenvalue weighted by Crippen LogP contribution is -2.32. The van der Waals surface area contributed by atoms with Gasteiger partial charge in [0.05, 0.1) is 23.3 Å². The van der Waals surface area contributed by atoms with Gasteiger partial charge in [-0.15, -0.1) is 0 Å². The first-order chi connectivity index (χ1) is 13.4. The monoisotopic (exact) mass is 402 g/mol. The number of hydrogen-bond acceptors (Lipinski definition) is 4. The molecule has 1 heterocycles. The molecule has 0 atom stereocenters. The molecule has 0 unspecified atom stereocenters. The minimum atomic E-state index is -3.83. The number of benzene rings is 2. The van der Waals surface area contributed by atoms with E-state index in [2.05, 4.69) is 4.72 Å². The van der Waals surface area contributed by atoms with Gasteiger partial charge in [0, 0.05) is 13.1 Å². The Morgan fingerprint density at radius 1 is 1.04 bits per heavy atom. The topological polar surface area (TPSA) is 75.7 Å². The Balaban J connectivity index is 1.93. The lowest BCUT2D eigenvalue weighted by molar-refractivity contribution is 0.0758. The van der Waals surface area contributed by atoms with Crippen LogP contribution in [0, 0.1) is 6.92 Å². The molecule has 2 aromatic carbocycles. The number of methoxy groups -OCH3 is 1. The van der Waals surface area contributed by atoms with Crippen LogP contribution in [0.3, 0.4) is 0 Å². The van der Waals surface area contributed by atoms with E-state index < -0.39 is 10.0 Å². The van der Waals surface area contributed by atoms with Gasteiger partial charge in [0.15, 0.2) is 0 Å². The third-order valence-electron chi connectivity index (χ3n) is 4.99. The van der Waals surface area contributed by atoms with Gasteiger partial charge in [-0.3, -0.25) is 9.52 Å². The molecule has 28 heavy (non-hydrogen) atoms. The number of nitrogens with one attached hydrogen (secondary N) is 1. The molecule has 3 rings (SSSR count). The van der Waals surface area contributed by atoms with Gasteiger partial charge in [-0.25, -0.2) is 8.42 Å². The van der Waals surface area contributed by atoms with Crippen molar-refractivity contribution in [3.63, 3.8) is 0 Å². The number of carbonyl (C=O) groups is 1. The molecule has 150 valence electrons. The average molecular weight is 403 g/mol. The van der Waals surface area contributed by atoms with E-state index in [1.807, 2.05) is 19.1 Å². The quantitative estimate of drug-likeness (QED) is 0.825. The number of ether oxygens (including phenoxy) is 1. The number of anilines is 1. The molecule has 2 aromatic rings. The zero-order valence-electron chi connectivity index (χ0n) is 16.3. The van der Waals surface area contributed by atoms with E-state index in [1.165, 1.54) is 25.3 Å². The van der Waals surface area contributed by atoms with Gasteiger partial charge in [-0.05, 0) is 49.6 Å². The molecule has 0 aliphatic carbocycles. The summed E-state index contributed by atoms with van der Waals surface area (Å²) in [6.45, 7) is 3.20. The summed E-state index contributed by atoms with van der Waals surface area (Å²) in [5.41, 5.74) is 1.61. The highest BCUT2D eigenvalue weighted by Crippen LogP contribution is 2.27. The second kappa shape index (κ2) is 8.65. The Morgan fingerprint density at radius 3 is 2.36 bits per heavy atom. The molecule has 1 aliphatic rings. The Labute approximate surface area is 166 Å². The van der Waals surface area contributed by atoms with E-state index in [-0.39, 0.29) is 16.4 Å². The molecule has 0 aromatic heterocycles. The maximum absolute atomic E-state index is 13.1. The van der Waals surface area contributed by atoms with Gasteiger partial charge in [0.1, 0.15) is 5.75 Å². The molecule has 0 radical (unpaired) electrons. The number of sulfonamides is 1. The van der Waals surface area contributed by atoms with E-state index >= 15 is 0 Å². The summed E-state index contributed by atoms with van der Waals surface area (Å²) in [5, 5.41) is 0. The number of carbonyl (C=O) groups excluding carboxylic acids is 1. The van der Waals surface area contributed by atoms with Crippen molar-refractivity contribution in [1.29, 1.82) is 0 Å². The first-order valence-electron chi connectivity index (χ1n) is 9.48. The SMILES string of the molecule is COc1ccc(S(=O)(=O)Nc2ccccc2C)cc1C(=O)N1CCCCCC1. The summed E-state index contributed by atoms with van der Waals surface area (Å²) in [6.07, 6.45) is 4.13. The number of rotatable bonds is 5. The van der Waals surface area contributed by atoms with E-state index in [4.69, 9.17) is 4.74 Å². The first kappa shape index (κ1) is 20.2. The fourth-order valence-corrected chi connectivity index (χ4v) is 4.51. The number of likely N-dealkylation sites (tertiary alicyclic amines) is 1. The van der Waals surface area contributed by atoms with Gasteiger partial charge in [0.25, 0.3) is 15.9 Å². The molecule has 0 saturated carbocycles. The lowest BCUT2D eigenvalue weighted by atomic mass is 10.1. The summed E-state index contributed by atoms with van der Waals surface area (Å²) in [5.74, 6) is 0.191. The molecule has 0 spiro atoms. The predicted octanol–water partition coefficient (Wildman–Crippen LogP) is 3.82. The van der Waals surface area contributed by atoms with Crippen LogP contribution in [-0.2, 0) is 10.0 Å². The van der Waals surface area contributed by atoms with Crippen molar-refractivity contribution in [2.75, 3.05) is 24.9 Å². The van der Waals surface area contributed by atoms with E-state index in [9.17, 15) is 13.2 Å². The van der Waals surface area contributed by atoms with Crippen molar-refractivity contribution in [3.8, 4) is 5.75 Å². The standard InChI is InChI=1S/C21H26N2O4S/c1-16-9-5-6-10-19(16)22-28(25,26)17-11-12-20(27-2)18(15-17)21(24)23-13-7-3-4-8-14-23/h5-6,9-12,15,22H,3-4,7-8,13-14H2,1-2H3. The first-order valence-corrected chi connectivity index (χ1v) is 11.0. The second-order valence-electron chi connectivity index (χ2n) is 6.99. The van der Waals surface area contributed by atoms with Crippen LogP contribution in [-0.4, -0.2) is 39.4 Å². The number of para-hydroxylation sites is 1. The summed E-state index contributed by atoms with van der Waals surface area (Å²) < 4.78 is 33.7. The van der Waals surface area contributed by atoms with Crippen molar-refractivity contribution < 1.29 is 17.9 Å². The van der Waals surface area contributed by atoms with E-state index in [1.54, 1.807) is 17.0 Å².